The number of morpholine rings is 1. The smallest absolute Gasteiger partial charge is 0.322 e. The third-order valence-electron chi connectivity index (χ3n) is 4.16. The lowest BCUT2D eigenvalue weighted by Gasteiger charge is -2.32. The van der Waals surface area contributed by atoms with Crippen molar-refractivity contribution in [1.82, 2.24) is 14.7 Å². The van der Waals surface area contributed by atoms with Gasteiger partial charge in [-0.2, -0.15) is 5.10 Å². The molecule has 1 aliphatic rings. The second kappa shape index (κ2) is 7.23. The van der Waals surface area contributed by atoms with Gasteiger partial charge in [0.1, 0.15) is 11.9 Å². The van der Waals surface area contributed by atoms with E-state index >= 15 is 0 Å². The maximum absolute atomic E-state index is 12.6. The number of urea groups is 1. The minimum Gasteiger partial charge on any atom is -0.467 e. The number of carbonyl (C=O) groups excluding carboxylic acids is 1. The van der Waals surface area contributed by atoms with E-state index in [4.69, 9.17) is 20.8 Å². The van der Waals surface area contributed by atoms with E-state index in [0.29, 0.717) is 36.2 Å². The number of carbonyl (C=O) groups is 1. The highest BCUT2D eigenvalue weighted by molar-refractivity contribution is 6.32. The maximum Gasteiger partial charge on any atom is 0.322 e. The Hall–Kier alpha value is -2.77. The van der Waals surface area contributed by atoms with Gasteiger partial charge in [-0.3, -0.25) is 0 Å². The summed E-state index contributed by atoms with van der Waals surface area (Å²) in [6.45, 7) is 1.40. The number of rotatable bonds is 3. The molecule has 0 unspecified atom stereocenters. The van der Waals surface area contributed by atoms with Crippen molar-refractivity contribution in [3.8, 4) is 5.69 Å². The Morgan fingerprint density at radius 2 is 2.23 bits per heavy atom. The van der Waals surface area contributed by atoms with Crippen molar-refractivity contribution < 1.29 is 13.9 Å². The zero-order valence-corrected chi connectivity index (χ0v) is 14.6. The predicted molar refractivity (Wildman–Crippen MR) is 96.6 cm³/mol. The molecule has 0 spiro atoms. The maximum atomic E-state index is 12.6. The van der Waals surface area contributed by atoms with Crippen LogP contribution in [-0.4, -0.2) is 40.4 Å². The van der Waals surface area contributed by atoms with Crippen LogP contribution in [0, 0.1) is 0 Å². The molecule has 2 amide bonds. The lowest BCUT2D eigenvalue weighted by Crippen LogP contribution is -2.44. The van der Waals surface area contributed by atoms with E-state index in [1.54, 1.807) is 40.2 Å². The fourth-order valence-corrected chi connectivity index (χ4v) is 3.13. The first-order chi connectivity index (χ1) is 12.7. The van der Waals surface area contributed by atoms with Gasteiger partial charge in [-0.25, -0.2) is 9.48 Å². The van der Waals surface area contributed by atoms with Crippen LogP contribution < -0.4 is 5.32 Å². The Morgan fingerprint density at radius 1 is 1.31 bits per heavy atom. The molecule has 2 aromatic heterocycles. The summed E-state index contributed by atoms with van der Waals surface area (Å²) >= 11 is 6.32. The van der Waals surface area contributed by atoms with Gasteiger partial charge in [0.05, 0.1) is 30.1 Å². The van der Waals surface area contributed by atoms with Crippen molar-refractivity contribution in [2.45, 2.75) is 6.10 Å². The summed E-state index contributed by atoms with van der Waals surface area (Å²) in [6, 6.07) is 10.6. The van der Waals surface area contributed by atoms with Crippen LogP contribution in [0.5, 0.6) is 0 Å². The molecular weight excluding hydrogens is 356 g/mol. The largest absolute Gasteiger partial charge is 0.467 e. The first-order valence-electron chi connectivity index (χ1n) is 8.21. The second-order valence-electron chi connectivity index (χ2n) is 5.87. The zero-order chi connectivity index (χ0) is 17.9. The van der Waals surface area contributed by atoms with Gasteiger partial charge < -0.3 is 19.4 Å². The molecule has 0 saturated carbocycles. The van der Waals surface area contributed by atoms with Crippen LogP contribution in [0.15, 0.2) is 59.5 Å². The Kier molecular flexibility index (Phi) is 4.64. The fourth-order valence-electron chi connectivity index (χ4n) is 2.86. The number of aromatic nitrogens is 2. The Morgan fingerprint density at radius 3 is 2.96 bits per heavy atom. The van der Waals surface area contributed by atoms with Crippen molar-refractivity contribution in [2.24, 2.45) is 0 Å². The number of benzene rings is 1. The van der Waals surface area contributed by atoms with E-state index in [-0.39, 0.29) is 12.1 Å². The summed E-state index contributed by atoms with van der Waals surface area (Å²) in [5.74, 6) is 0.717. The predicted octanol–water partition coefficient (Wildman–Crippen LogP) is 3.72. The monoisotopic (exact) mass is 372 g/mol. The number of nitrogens with one attached hydrogen (secondary N) is 1. The summed E-state index contributed by atoms with van der Waals surface area (Å²) in [5, 5.41) is 7.54. The molecule has 8 heteroatoms. The molecule has 1 atom stereocenters. The lowest BCUT2D eigenvalue weighted by atomic mass is 10.2. The van der Waals surface area contributed by atoms with Gasteiger partial charge in [0.15, 0.2) is 0 Å². The highest BCUT2D eigenvalue weighted by atomic mass is 35.5. The average molecular weight is 373 g/mol. The van der Waals surface area contributed by atoms with Gasteiger partial charge in [0, 0.05) is 24.6 Å². The van der Waals surface area contributed by atoms with Gasteiger partial charge in [-0.1, -0.05) is 11.6 Å². The summed E-state index contributed by atoms with van der Waals surface area (Å²) < 4.78 is 12.7. The second-order valence-corrected chi connectivity index (χ2v) is 6.28. The number of hydrogen-bond acceptors (Lipinski definition) is 4. The molecule has 0 aliphatic carbocycles. The van der Waals surface area contributed by atoms with Crippen LogP contribution in [0.3, 0.4) is 0 Å². The number of ether oxygens (including phenoxy) is 1. The van der Waals surface area contributed by atoms with E-state index < -0.39 is 0 Å². The molecule has 134 valence electrons. The third-order valence-corrected chi connectivity index (χ3v) is 4.47. The van der Waals surface area contributed by atoms with Crippen molar-refractivity contribution in [3.63, 3.8) is 0 Å². The molecule has 0 radical (unpaired) electrons. The van der Waals surface area contributed by atoms with Gasteiger partial charge in [0.25, 0.3) is 0 Å². The minimum absolute atomic E-state index is 0.201. The molecule has 3 heterocycles. The summed E-state index contributed by atoms with van der Waals surface area (Å²) in [6.07, 6.45) is 4.83. The van der Waals surface area contributed by atoms with Crippen LogP contribution in [0.2, 0.25) is 5.02 Å². The SMILES string of the molecule is O=C(Nc1ccc(-n2cccn2)c(Cl)c1)N1CCO[C@@H](c2ccco2)C1. The van der Waals surface area contributed by atoms with E-state index in [9.17, 15) is 4.79 Å². The number of halogens is 1. The minimum atomic E-state index is -0.254. The van der Waals surface area contributed by atoms with Gasteiger partial charge in [0.2, 0.25) is 0 Å². The van der Waals surface area contributed by atoms with Crippen molar-refractivity contribution in [1.29, 1.82) is 0 Å². The Bertz CT molecular complexity index is 880. The van der Waals surface area contributed by atoms with Crippen molar-refractivity contribution in [3.05, 3.63) is 65.8 Å². The van der Waals surface area contributed by atoms with Gasteiger partial charge >= 0.3 is 6.03 Å². The fraction of sp³-hybridized carbons (Fsp3) is 0.222. The molecule has 3 aromatic rings. The lowest BCUT2D eigenvalue weighted by molar-refractivity contribution is -0.0242. The Balaban J connectivity index is 1.43. The van der Waals surface area contributed by atoms with Crippen LogP contribution in [0.1, 0.15) is 11.9 Å². The molecule has 1 fully saturated rings. The average Bonchev–Trinajstić information content (AvgIpc) is 3.36. The topological polar surface area (TPSA) is 72.5 Å². The normalized spacial score (nSPS) is 17.3. The number of amides is 2. The molecule has 26 heavy (non-hydrogen) atoms. The Labute approximate surface area is 155 Å². The van der Waals surface area contributed by atoms with Gasteiger partial charge in [-0.15, -0.1) is 0 Å². The van der Waals surface area contributed by atoms with E-state index in [1.165, 1.54) is 0 Å². The number of anilines is 1. The highest BCUT2D eigenvalue weighted by Crippen LogP contribution is 2.26. The zero-order valence-electron chi connectivity index (χ0n) is 13.8. The highest BCUT2D eigenvalue weighted by Gasteiger charge is 2.27. The third kappa shape index (κ3) is 3.44. The van der Waals surface area contributed by atoms with Crippen LogP contribution in [-0.2, 0) is 4.74 Å². The molecular formula is C18H17ClN4O3. The summed E-state index contributed by atoms with van der Waals surface area (Å²) in [4.78, 5) is 14.3. The standard InChI is InChI=1S/C18H17ClN4O3/c19-14-11-13(4-5-15(14)23-7-2-6-20-23)21-18(24)22-8-10-26-17(12-22)16-3-1-9-25-16/h1-7,9,11,17H,8,10,12H2,(H,21,24)/t17-/m1/s1. The quantitative estimate of drug-likeness (QED) is 0.760. The first kappa shape index (κ1) is 16.7. The number of hydrogen-bond donors (Lipinski definition) is 1. The van der Waals surface area contributed by atoms with E-state index in [2.05, 4.69) is 10.4 Å². The summed E-state index contributed by atoms with van der Waals surface area (Å²) in [7, 11) is 0. The molecule has 1 aromatic carbocycles. The molecule has 1 saturated heterocycles. The van der Waals surface area contributed by atoms with E-state index in [1.807, 2.05) is 24.4 Å². The molecule has 1 aliphatic heterocycles. The summed E-state index contributed by atoms with van der Waals surface area (Å²) in [5.41, 5.74) is 1.37. The van der Waals surface area contributed by atoms with Crippen LogP contribution >= 0.6 is 11.6 Å². The van der Waals surface area contributed by atoms with Gasteiger partial charge in [-0.05, 0) is 36.4 Å². The molecule has 0 bridgehead atoms. The van der Waals surface area contributed by atoms with Crippen LogP contribution in [0.4, 0.5) is 10.5 Å². The molecule has 4 rings (SSSR count). The van der Waals surface area contributed by atoms with E-state index in [0.717, 1.165) is 5.69 Å². The molecule has 7 nitrogen and oxygen atoms in total. The molecule has 1 N–H and O–H groups in total. The number of furan rings is 1. The van der Waals surface area contributed by atoms with Crippen molar-refractivity contribution >= 4 is 23.3 Å². The first-order valence-corrected chi connectivity index (χ1v) is 8.59. The number of nitrogens with zero attached hydrogens (tertiary/aromatic N) is 3. The van der Waals surface area contributed by atoms with Crippen molar-refractivity contribution in [2.75, 3.05) is 25.0 Å². The van der Waals surface area contributed by atoms with Crippen LogP contribution in [0.25, 0.3) is 5.69 Å².